The van der Waals surface area contributed by atoms with Crippen LogP contribution in [0.1, 0.15) is 0 Å². The van der Waals surface area contributed by atoms with Crippen molar-refractivity contribution in [3.05, 3.63) is 67.3 Å². The summed E-state index contributed by atoms with van der Waals surface area (Å²) in [6, 6.07) is 13.7. The van der Waals surface area contributed by atoms with Crippen LogP contribution in [-0.2, 0) is 4.79 Å². The van der Waals surface area contributed by atoms with Gasteiger partial charge in [0.05, 0.1) is 29.9 Å². The predicted octanol–water partition coefficient (Wildman–Crippen LogP) is 4.55. The van der Waals surface area contributed by atoms with Crippen LogP contribution in [0.4, 0.5) is 27.4 Å². The SMILES string of the molecule is C=C(F)C(=O)Nc1cc(Nc2nccc(-c3c[nH]c4ccccc34)n2)c(OC)cc1N1CC(N(C)C)C1. The molecule has 190 valence electrons. The summed E-state index contributed by atoms with van der Waals surface area (Å²) in [6.07, 6.45) is 3.59. The van der Waals surface area contributed by atoms with E-state index in [4.69, 9.17) is 9.72 Å². The number of H-pyrrole nitrogens is 1. The van der Waals surface area contributed by atoms with Crippen molar-refractivity contribution in [1.29, 1.82) is 0 Å². The Bertz CT molecular complexity index is 1480. The Hall–Kier alpha value is -4.44. The first-order valence-corrected chi connectivity index (χ1v) is 11.8. The van der Waals surface area contributed by atoms with E-state index in [0.29, 0.717) is 29.1 Å². The van der Waals surface area contributed by atoms with Gasteiger partial charge in [0, 0.05) is 54.1 Å². The molecule has 1 fully saturated rings. The number of hydrogen-bond acceptors (Lipinski definition) is 7. The van der Waals surface area contributed by atoms with Gasteiger partial charge in [-0.25, -0.2) is 14.4 Å². The highest BCUT2D eigenvalue weighted by molar-refractivity contribution is 6.04. The molecule has 0 bridgehead atoms. The number of halogens is 1. The van der Waals surface area contributed by atoms with E-state index in [1.165, 1.54) is 0 Å². The van der Waals surface area contributed by atoms with Crippen LogP contribution in [0, 0.1) is 0 Å². The number of carbonyl (C=O) groups is 1. The van der Waals surface area contributed by atoms with Crippen molar-refractivity contribution in [1.82, 2.24) is 19.9 Å². The van der Waals surface area contributed by atoms with Gasteiger partial charge in [-0.2, -0.15) is 0 Å². The Balaban J connectivity index is 1.48. The number of aromatic nitrogens is 3. The van der Waals surface area contributed by atoms with Gasteiger partial charge in [0.2, 0.25) is 5.95 Å². The van der Waals surface area contributed by atoms with E-state index in [9.17, 15) is 9.18 Å². The van der Waals surface area contributed by atoms with E-state index >= 15 is 0 Å². The first-order chi connectivity index (χ1) is 17.8. The highest BCUT2D eigenvalue weighted by Gasteiger charge is 2.31. The van der Waals surface area contributed by atoms with Crippen molar-refractivity contribution in [3.8, 4) is 17.0 Å². The van der Waals surface area contributed by atoms with Crippen LogP contribution in [-0.4, -0.2) is 66.1 Å². The summed E-state index contributed by atoms with van der Waals surface area (Å²) in [5.41, 5.74) is 4.38. The molecular formula is C27H28FN7O2. The largest absolute Gasteiger partial charge is 0.494 e. The Morgan fingerprint density at radius 3 is 2.73 bits per heavy atom. The van der Waals surface area contributed by atoms with Gasteiger partial charge >= 0.3 is 0 Å². The number of aromatic amines is 1. The van der Waals surface area contributed by atoms with E-state index in [2.05, 4.69) is 37.0 Å². The zero-order valence-corrected chi connectivity index (χ0v) is 20.9. The standard InChI is InChI=1S/C27H28FN7O2/c1-16(28)26(36)31-22-11-23(25(37-4)12-24(22)35-14-17(15-35)34(2)3)33-27-29-10-9-21(32-27)19-13-30-20-8-6-5-7-18(19)20/h5-13,17,30H,1,14-15H2,2-4H3,(H,31,36)(H,29,32,33). The highest BCUT2D eigenvalue weighted by Crippen LogP contribution is 2.40. The molecule has 0 spiro atoms. The normalized spacial score (nSPS) is 13.5. The van der Waals surface area contributed by atoms with Crippen LogP contribution in [0.3, 0.4) is 0 Å². The number of para-hydroxylation sites is 1. The second-order valence-electron chi connectivity index (χ2n) is 9.09. The van der Waals surface area contributed by atoms with Gasteiger partial charge < -0.3 is 30.2 Å². The molecule has 1 aliphatic heterocycles. The Labute approximate surface area is 214 Å². The summed E-state index contributed by atoms with van der Waals surface area (Å²) in [5, 5.41) is 6.87. The van der Waals surface area contributed by atoms with E-state index in [1.54, 1.807) is 19.4 Å². The topological polar surface area (TPSA) is 98.4 Å². The molecule has 3 heterocycles. The van der Waals surface area contributed by atoms with E-state index in [0.717, 1.165) is 40.9 Å². The summed E-state index contributed by atoms with van der Waals surface area (Å²) in [4.78, 5) is 28.7. The lowest BCUT2D eigenvalue weighted by Crippen LogP contribution is -2.57. The molecule has 9 nitrogen and oxygen atoms in total. The number of rotatable bonds is 8. The monoisotopic (exact) mass is 501 g/mol. The molecular weight excluding hydrogens is 473 g/mol. The number of likely N-dealkylation sites (N-methyl/N-ethyl adjacent to an activating group) is 1. The molecule has 1 amide bonds. The fraction of sp³-hybridized carbons (Fsp3) is 0.222. The van der Waals surface area contributed by atoms with Crippen LogP contribution in [0.5, 0.6) is 5.75 Å². The van der Waals surface area contributed by atoms with Crippen molar-refractivity contribution < 1.29 is 13.9 Å². The van der Waals surface area contributed by atoms with Gasteiger partial charge in [-0.05, 0) is 32.3 Å². The van der Waals surface area contributed by atoms with E-state index in [1.807, 2.05) is 56.7 Å². The second kappa shape index (κ2) is 9.90. The smallest absolute Gasteiger partial charge is 0.283 e. The van der Waals surface area contributed by atoms with Crippen molar-refractivity contribution in [2.45, 2.75) is 6.04 Å². The molecule has 1 aliphatic rings. The van der Waals surface area contributed by atoms with E-state index in [-0.39, 0.29) is 0 Å². The molecule has 37 heavy (non-hydrogen) atoms. The number of nitrogens with one attached hydrogen (secondary N) is 3. The predicted molar refractivity (Wildman–Crippen MR) is 144 cm³/mol. The van der Waals surface area contributed by atoms with Gasteiger partial charge in [0.25, 0.3) is 5.91 Å². The quantitative estimate of drug-likeness (QED) is 0.305. The van der Waals surface area contributed by atoms with Crippen molar-refractivity contribution in [2.24, 2.45) is 0 Å². The number of hydrogen-bond donors (Lipinski definition) is 3. The summed E-state index contributed by atoms with van der Waals surface area (Å²) in [6.45, 7) is 4.64. The molecule has 3 N–H and O–H groups in total. The minimum atomic E-state index is -1.07. The lowest BCUT2D eigenvalue weighted by atomic mass is 10.0. The minimum Gasteiger partial charge on any atom is -0.494 e. The zero-order valence-electron chi connectivity index (χ0n) is 20.9. The minimum absolute atomic E-state index is 0.345. The molecule has 2 aromatic heterocycles. The van der Waals surface area contributed by atoms with Gasteiger partial charge in [-0.15, -0.1) is 0 Å². The fourth-order valence-electron chi connectivity index (χ4n) is 4.34. The van der Waals surface area contributed by atoms with Crippen LogP contribution < -0.4 is 20.3 Å². The summed E-state index contributed by atoms with van der Waals surface area (Å²) in [7, 11) is 5.61. The average molecular weight is 502 g/mol. The first kappa shape index (κ1) is 24.3. The molecule has 0 atom stereocenters. The van der Waals surface area contributed by atoms with Crippen molar-refractivity contribution in [2.75, 3.05) is 49.8 Å². The zero-order chi connectivity index (χ0) is 26.1. The van der Waals surface area contributed by atoms with Crippen LogP contribution >= 0.6 is 0 Å². The lowest BCUT2D eigenvalue weighted by molar-refractivity contribution is -0.114. The lowest BCUT2D eigenvalue weighted by Gasteiger charge is -2.45. The Kier molecular flexibility index (Phi) is 6.49. The Morgan fingerprint density at radius 2 is 2.00 bits per heavy atom. The number of ether oxygens (including phenoxy) is 1. The molecule has 2 aromatic carbocycles. The highest BCUT2D eigenvalue weighted by atomic mass is 19.1. The third-order valence-corrected chi connectivity index (χ3v) is 6.51. The number of amides is 1. The summed E-state index contributed by atoms with van der Waals surface area (Å²) >= 11 is 0. The number of anilines is 4. The number of carbonyl (C=O) groups excluding carboxylic acids is 1. The molecule has 0 aliphatic carbocycles. The maximum absolute atomic E-state index is 13.6. The third-order valence-electron chi connectivity index (χ3n) is 6.51. The average Bonchev–Trinajstić information content (AvgIpc) is 3.28. The second-order valence-corrected chi connectivity index (χ2v) is 9.09. The molecule has 4 aromatic rings. The van der Waals surface area contributed by atoms with Crippen molar-refractivity contribution in [3.63, 3.8) is 0 Å². The number of nitrogens with zero attached hydrogens (tertiary/aromatic N) is 4. The maximum atomic E-state index is 13.6. The van der Waals surface area contributed by atoms with E-state index < -0.39 is 11.7 Å². The van der Waals surface area contributed by atoms with Crippen LogP contribution in [0.25, 0.3) is 22.2 Å². The van der Waals surface area contributed by atoms with Gasteiger partial charge in [-0.3, -0.25) is 4.79 Å². The summed E-state index contributed by atoms with van der Waals surface area (Å²) in [5.74, 6) is -1.10. The fourth-order valence-corrected chi connectivity index (χ4v) is 4.34. The van der Waals surface area contributed by atoms with Crippen LogP contribution in [0.15, 0.2) is 67.3 Å². The molecule has 5 rings (SSSR count). The van der Waals surface area contributed by atoms with Gasteiger partial charge in [-0.1, -0.05) is 24.8 Å². The number of methoxy groups -OCH3 is 1. The molecule has 10 heteroatoms. The van der Waals surface area contributed by atoms with Gasteiger partial charge in [0.1, 0.15) is 5.75 Å². The van der Waals surface area contributed by atoms with Crippen molar-refractivity contribution >= 4 is 39.8 Å². The summed E-state index contributed by atoms with van der Waals surface area (Å²) < 4.78 is 19.2. The maximum Gasteiger partial charge on any atom is 0.283 e. The number of benzene rings is 2. The third kappa shape index (κ3) is 4.83. The Morgan fingerprint density at radius 1 is 1.22 bits per heavy atom. The molecule has 0 radical (unpaired) electrons. The molecule has 0 saturated carbocycles. The molecule has 0 unspecified atom stereocenters. The molecule has 1 saturated heterocycles. The van der Waals surface area contributed by atoms with Gasteiger partial charge in [0.15, 0.2) is 5.83 Å². The number of fused-ring (bicyclic) bond motifs is 1. The first-order valence-electron chi connectivity index (χ1n) is 11.8. The van der Waals surface area contributed by atoms with Crippen LogP contribution in [0.2, 0.25) is 0 Å².